The number of ether oxygens (including phenoxy) is 2. The summed E-state index contributed by atoms with van der Waals surface area (Å²) >= 11 is 0. The summed E-state index contributed by atoms with van der Waals surface area (Å²) < 4.78 is 32.7. The number of amides is 1. The lowest BCUT2D eigenvalue weighted by Crippen LogP contribution is -2.12. The molecule has 0 radical (unpaired) electrons. The Bertz CT molecular complexity index is 868. The van der Waals surface area contributed by atoms with Gasteiger partial charge in [0.1, 0.15) is 11.5 Å². The van der Waals surface area contributed by atoms with Gasteiger partial charge in [-0.15, -0.1) is 0 Å². The predicted octanol–water partition coefficient (Wildman–Crippen LogP) is 2.00. The van der Waals surface area contributed by atoms with Gasteiger partial charge in [-0.3, -0.25) is 4.79 Å². The number of methoxy groups -OCH3 is 2. The van der Waals surface area contributed by atoms with Crippen LogP contribution in [0.4, 0.5) is 5.69 Å². The largest absolute Gasteiger partial charge is 0.497 e. The van der Waals surface area contributed by atoms with Crippen molar-refractivity contribution in [2.24, 2.45) is 5.14 Å². The van der Waals surface area contributed by atoms with Gasteiger partial charge in [-0.1, -0.05) is 0 Å². The van der Waals surface area contributed by atoms with E-state index in [1.165, 1.54) is 30.3 Å². The molecule has 0 heterocycles. The second-order valence-corrected chi connectivity index (χ2v) is 6.60. The van der Waals surface area contributed by atoms with Crippen molar-refractivity contribution in [3.8, 4) is 11.5 Å². The first-order valence-electron chi connectivity index (χ1n) is 7.17. The van der Waals surface area contributed by atoms with Gasteiger partial charge >= 0.3 is 0 Å². The lowest BCUT2D eigenvalue weighted by molar-refractivity contribution is -0.111. The number of anilines is 1. The molecular weight excluding hydrogens is 344 g/mol. The molecule has 3 N–H and O–H groups in total. The van der Waals surface area contributed by atoms with Crippen LogP contribution < -0.4 is 19.9 Å². The van der Waals surface area contributed by atoms with E-state index >= 15 is 0 Å². The Labute approximate surface area is 146 Å². The first kappa shape index (κ1) is 18.5. The fourth-order valence-electron chi connectivity index (χ4n) is 2.01. The van der Waals surface area contributed by atoms with Gasteiger partial charge in [0.05, 0.1) is 19.1 Å². The molecular formula is C17H18N2O5S. The van der Waals surface area contributed by atoms with E-state index in [-0.39, 0.29) is 10.8 Å². The highest BCUT2D eigenvalue weighted by molar-refractivity contribution is 7.89. The number of carbonyl (C=O) groups is 1. The molecule has 0 fully saturated rings. The van der Waals surface area contributed by atoms with Gasteiger partial charge in [-0.05, 0) is 48.0 Å². The van der Waals surface area contributed by atoms with Gasteiger partial charge in [0.15, 0.2) is 0 Å². The molecule has 132 valence electrons. The molecule has 2 rings (SSSR count). The maximum atomic E-state index is 12.0. The van der Waals surface area contributed by atoms with Gasteiger partial charge in [-0.2, -0.15) is 0 Å². The summed E-state index contributed by atoms with van der Waals surface area (Å²) in [6.45, 7) is 0. The van der Waals surface area contributed by atoms with Crippen LogP contribution in [0.25, 0.3) is 6.08 Å². The van der Waals surface area contributed by atoms with Crippen LogP contribution >= 0.6 is 0 Å². The second kappa shape index (κ2) is 7.82. The van der Waals surface area contributed by atoms with Crippen LogP contribution in [-0.2, 0) is 14.8 Å². The molecule has 0 aromatic heterocycles. The van der Waals surface area contributed by atoms with Gasteiger partial charge in [0.2, 0.25) is 15.9 Å². The number of nitrogens with one attached hydrogen (secondary N) is 1. The number of hydrogen-bond donors (Lipinski definition) is 2. The molecule has 8 heteroatoms. The number of benzene rings is 2. The minimum Gasteiger partial charge on any atom is -0.497 e. The smallest absolute Gasteiger partial charge is 0.248 e. The van der Waals surface area contributed by atoms with Crippen LogP contribution in [0.3, 0.4) is 0 Å². The van der Waals surface area contributed by atoms with E-state index in [0.29, 0.717) is 17.2 Å². The Hall–Kier alpha value is -2.84. The van der Waals surface area contributed by atoms with Crippen molar-refractivity contribution < 1.29 is 22.7 Å². The SMILES string of the molecule is COc1cc(/C=C/C(=O)Nc2ccc(S(N)(=O)=O)cc2)cc(OC)c1. The van der Waals surface area contributed by atoms with Gasteiger partial charge in [0.25, 0.3) is 0 Å². The lowest BCUT2D eigenvalue weighted by Gasteiger charge is -2.06. The Morgan fingerprint density at radius 1 is 1.04 bits per heavy atom. The zero-order valence-electron chi connectivity index (χ0n) is 13.7. The Morgan fingerprint density at radius 3 is 2.08 bits per heavy atom. The standard InChI is InChI=1S/C17H18N2O5S/c1-23-14-9-12(10-15(11-14)24-2)3-8-17(20)19-13-4-6-16(7-5-13)25(18,21)22/h3-11H,1-2H3,(H,19,20)(H2,18,21,22)/b8-3+. The van der Waals surface area contributed by atoms with Gasteiger partial charge < -0.3 is 14.8 Å². The van der Waals surface area contributed by atoms with Crippen molar-refractivity contribution in [2.45, 2.75) is 4.90 Å². The molecule has 0 atom stereocenters. The van der Waals surface area contributed by atoms with Crippen molar-refractivity contribution in [1.82, 2.24) is 0 Å². The Morgan fingerprint density at radius 2 is 1.60 bits per heavy atom. The lowest BCUT2D eigenvalue weighted by atomic mass is 10.2. The average Bonchev–Trinajstić information content (AvgIpc) is 2.59. The maximum Gasteiger partial charge on any atom is 0.248 e. The van der Waals surface area contributed by atoms with Crippen LogP contribution in [0.5, 0.6) is 11.5 Å². The number of carbonyl (C=O) groups excluding carboxylic acids is 1. The molecule has 1 amide bonds. The van der Waals surface area contributed by atoms with Crippen molar-refractivity contribution in [3.63, 3.8) is 0 Å². The third-order valence-corrected chi connectivity index (χ3v) is 4.18. The zero-order valence-corrected chi connectivity index (χ0v) is 14.5. The molecule has 0 saturated carbocycles. The molecule has 25 heavy (non-hydrogen) atoms. The molecule has 0 unspecified atom stereocenters. The Balaban J connectivity index is 2.08. The van der Waals surface area contributed by atoms with Crippen molar-refractivity contribution in [3.05, 3.63) is 54.1 Å². The topological polar surface area (TPSA) is 108 Å². The molecule has 0 aliphatic rings. The highest BCUT2D eigenvalue weighted by atomic mass is 32.2. The van der Waals surface area contributed by atoms with Gasteiger partial charge in [-0.25, -0.2) is 13.6 Å². The average molecular weight is 362 g/mol. The first-order valence-corrected chi connectivity index (χ1v) is 8.71. The highest BCUT2D eigenvalue weighted by Crippen LogP contribution is 2.23. The van der Waals surface area contributed by atoms with Crippen LogP contribution in [-0.4, -0.2) is 28.5 Å². The number of primary sulfonamides is 1. The third kappa shape index (κ3) is 5.33. The summed E-state index contributed by atoms with van der Waals surface area (Å²) in [5.41, 5.74) is 1.18. The second-order valence-electron chi connectivity index (χ2n) is 5.04. The van der Waals surface area contributed by atoms with Gasteiger partial charge in [0, 0.05) is 17.8 Å². The summed E-state index contributed by atoms with van der Waals surface area (Å²) in [5.74, 6) is 0.848. The number of rotatable bonds is 6. The minimum atomic E-state index is -3.76. The summed E-state index contributed by atoms with van der Waals surface area (Å²) in [7, 11) is -0.674. The van der Waals surface area contributed by atoms with Crippen molar-refractivity contribution in [1.29, 1.82) is 0 Å². The summed E-state index contributed by atoms with van der Waals surface area (Å²) in [6.07, 6.45) is 2.96. The molecule has 2 aromatic carbocycles. The van der Waals surface area contributed by atoms with E-state index in [2.05, 4.69) is 5.32 Å². The fraction of sp³-hybridized carbons (Fsp3) is 0.118. The van der Waals surface area contributed by atoms with Crippen LogP contribution in [0.15, 0.2) is 53.4 Å². The molecule has 7 nitrogen and oxygen atoms in total. The monoisotopic (exact) mass is 362 g/mol. The molecule has 0 bridgehead atoms. The van der Waals surface area contributed by atoms with Crippen LogP contribution in [0.2, 0.25) is 0 Å². The zero-order chi connectivity index (χ0) is 18.4. The van der Waals surface area contributed by atoms with Crippen molar-refractivity contribution in [2.75, 3.05) is 19.5 Å². The molecule has 0 aliphatic carbocycles. The van der Waals surface area contributed by atoms with E-state index < -0.39 is 10.0 Å². The first-order chi connectivity index (χ1) is 11.8. The predicted molar refractivity (Wildman–Crippen MR) is 95.0 cm³/mol. The molecule has 0 spiro atoms. The van der Waals surface area contributed by atoms with E-state index in [9.17, 15) is 13.2 Å². The van der Waals surface area contributed by atoms with Crippen LogP contribution in [0, 0.1) is 0 Å². The molecule has 2 aromatic rings. The number of hydrogen-bond acceptors (Lipinski definition) is 5. The third-order valence-electron chi connectivity index (χ3n) is 3.25. The van der Waals surface area contributed by atoms with Crippen LogP contribution in [0.1, 0.15) is 5.56 Å². The summed E-state index contributed by atoms with van der Waals surface area (Å²) in [5, 5.41) is 7.64. The number of nitrogens with two attached hydrogens (primary N) is 1. The van der Waals surface area contributed by atoms with E-state index in [1.807, 2.05) is 0 Å². The van der Waals surface area contributed by atoms with E-state index in [0.717, 1.165) is 5.56 Å². The normalized spacial score (nSPS) is 11.3. The Kier molecular flexibility index (Phi) is 5.79. The molecule has 0 saturated heterocycles. The van der Waals surface area contributed by atoms with E-state index in [1.54, 1.807) is 38.5 Å². The highest BCUT2D eigenvalue weighted by Gasteiger charge is 2.07. The minimum absolute atomic E-state index is 0.0236. The van der Waals surface area contributed by atoms with Crippen molar-refractivity contribution >= 4 is 27.7 Å². The quantitative estimate of drug-likeness (QED) is 0.764. The van der Waals surface area contributed by atoms with E-state index in [4.69, 9.17) is 14.6 Å². The fourth-order valence-corrected chi connectivity index (χ4v) is 2.52. The maximum absolute atomic E-state index is 12.0. The number of sulfonamides is 1. The summed E-state index contributed by atoms with van der Waals surface area (Å²) in [4.78, 5) is 11.9. The molecule has 0 aliphatic heterocycles. The summed E-state index contributed by atoms with van der Waals surface area (Å²) in [6, 6.07) is 10.8.